The molecule has 2 N–H and O–H groups in total. The van der Waals surface area contributed by atoms with E-state index in [0.29, 0.717) is 18.0 Å². The average molecular weight is 414 g/mol. The van der Waals surface area contributed by atoms with Crippen molar-refractivity contribution in [1.29, 1.82) is 0 Å². The molecule has 0 spiro atoms. The highest BCUT2D eigenvalue weighted by Gasteiger charge is 2.34. The summed E-state index contributed by atoms with van der Waals surface area (Å²) in [7, 11) is 0. The van der Waals surface area contributed by atoms with E-state index in [-0.39, 0.29) is 11.4 Å². The number of aromatic nitrogens is 2. The third-order valence-corrected chi connectivity index (χ3v) is 6.50. The second kappa shape index (κ2) is 6.46. The molecule has 0 saturated heterocycles. The molecule has 9 heteroatoms. The number of fused-ring (bicyclic) bond motifs is 2. The summed E-state index contributed by atoms with van der Waals surface area (Å²) in [6.07, 6.45) is 2.50. The number of carbonyl (C=O) groups is 1. The van der Waals surface area contributed by atoms with Gasteiger partial charge in [-0.25, -0.2) is 9.97 Å². The van der Waals surface area contributed by atoms with Crippen molar-refractivity contribution in [2.75, 3.05) is 23.4 Å². The second-order valence-corrected chi connectivity index (χ2v) is 9.30. The fourth-order valence-electron chi connectivity index (χ4n) is 3.48. The number of hydrogen-bond acceptors (Lipinski definition) is 8. The van der Waals surface area contributed by atoms with Crippen molar-refractivity contribution >= 4 is 50.2 Å². The molecule has 7 nitrogen and oxygen atoms in total. The molecule has 28 heavy (non-hydrogen) atoms. The van der Waals surface area contributed by atoms with E-state index in [2.05, 4.69) is 20.5 Å². The predicted octanol–water partition coefficient (Wildman–Crippen LogP) is 3.94. The van der Waals surface area contributed by atoms with Gasteiger partial charge in [0.2, 0.25) is 0 Å². The quantitative estimate of drug-likeness (QED) is 0.677. The molecule has 4 heterocycles. The van der Waals surface area contributed by atoms with Gasteiger partial charge in [0.15, 0.2) is 10.3 Å². The Balaban J connectivity index is 1.51. The monoisotopic (exact) mass is 413 g/mol. The lowest BCUT2D eigenvalue weighted by molar-refractivity contribution is 0.0901. The van der Waals surface area contributed by atoms with Gasteiger partial charge in [0.25, 0.3) is 5.91 Å². The van der Waals surface area contributed by atoms with Crippen LogP contribution in [0.3, 0.4) is 0 Å². The summed E-state index contributed by atoms with van der Waals surface area (Å²) in [5, 5.41) is 9.97. The lowest BCUT2D eigenvalue weighted by Gasteiger charge is -2.29. The van der Waals surface area contributed by atoms with Crippen LogP contribution < -0.4 is 20.3 Å². The number of amides is 1. The summed E-state index contributed by atoms with van der Waals surface area (Å²) >= 11 is 2.99. The maximum absolute atomic E-state index is 12.5. The highest BCUT2D eigenvalue weighted by Crippen LogP contribution is 2.42. The molecule has 0 aliphatic carbocycles. The topological polar surface area (TPSA) is 79.4 Å². The Hall–Kier alpha value is -2.65. The van der Waals surface area contributed by atoms with E-state index in [4.69, 9.17) is 9.72 Å². The van der Waals surface area contributed by atoms with Gasteiger partial charge in [0.05, 0.1) is 17.9 Å². The second-order valence-electron chi connectivity index (χ2n) is 7.43. The first-order chi connectivity index (χ1) is 13.5. The minimum absolute atomic E-state index is 0.0392. The number of anilines is 4. The van der Waals surface area contributed by atoms with Crippen molar-refractivity contribution in [2.45, 2.75) is 25.8 Å². The lowest BCUT2D eigenvalue weighted by Crippen LogP contribution is -2.48. The van der Waals surface area contributed by atoms with Crippen molar-refractivity contribution in [2.24, 2.45) is 0 Å². The van der Waals surface area contributed by atoms with E-state index in [1.54, 1.807) is 17.5 Å². The Bertz CT molecular complexity index is 1040. The zero-order valence-electron chi connectivity index (χ0n) is 15.5. The Morgan fingerprint density at radius 2 is 2.25 bits per heavy atom. The van der Waals surface area contributed by atoms with Crippen molar-refractivity contribution in [3.63, 3.8) is 0 Å². The number of thiazole rings is 2. The van der Waals surface area contributed by atoms with Crippen molar-refractivity contribution in [3.05, 3.63) is 40.3 Å². The smallest absolute Gasteiger partial charge is 0.263 e. The molecule has 144 valence electrons. The molecule has 5 rings (SSSR count). The number of hydrogen-bond donors (Lipinski definition) is 2. The molecule has 0 unspecified atom stereocenters. The van der Waals surface area contributed by atoms with Crippen molar-refractivity contribution in [1.82, 2.24) is 15.3 Å². The van der Waals surface area contributed by atoms with E-state index in [9.17, 15) is 4.79 Å². The van der Waals surface area contributed by atoms with Crippen LogP contribution >= 0.6 is 22.7 Å². The fourth-order valence-corrected chi connectivity index (χ4v) is 5.05. The van der Waals surface area contributed by atoms with Crippen LogP contribution in [-0.2, 0) is 6.42 Å². The van der Waals surface area contributed by atoms with E-state index in [1.807, 2.05) is 37.4 Å². The molecule has 2 aliphatic heterocycles. The Kier molecular flexibility index (Phi) is 4.02. The summed E-state index contributed by atoms with van der Waals surface area (Å²) in [6, 6.07) is 5.98. The van der Waals surface area contributed by atoms with Gasteiger partial charge in [0, 0.05) is 29.2 Å². The summed E-state index contributed by atoms with van der Waals surface area (Å²) < 4.78 is 5.84. The van der Waals surface area contributed by atoms with Gasteiger partial charge in [-0.1, -0.05) is 11.3 Å². The average Bonchev–Trinajstić information content (AvgIpc) is 3.30. The number of benzene rings is 1. The molecule has 0 fully saturated rings. The van der Waals surface area contributed by atoms with Crippen LogP contribution in [0, 0.1) is 0 Å². The fraction of sp³-hybridized carbons (Fsp3) is 0.316. The number of carbonyl (C=O) groups excluding carboxylic acids is 1. The van der Waals surface area contributed by atoms with E-state index >= 15 is 0 Å². The highest BCUT2D eigenvalue weighted by molar-refractivity contribution is 7.17. The summed E-state index contributed by atoms with van der Waals surface area (Å²) in [5.74, 6) is 0.775. The first-order valence-electron chi connectivity index (χ1n) is 9.02. The molecule has 0 saturated carbocycles. The van der Waals surface area contributed by atoms with Gasteiger partial charge in [-0.3, -0.25) is 4.79 Å². The van der Waals surface area contributed by atoms with Crippen LogP contribution in [0.4, 0.5) is 21.6 Å². The minimum Gasteiger partial charge on any atom is -0.490 e. The van der Waals surface area contributed by atoms with E-state index in [0.717, 1.165) is 39.5 Å². The molecule has 2 aliphatic rings. The largest absolute Gasteiger partial charge is 0.490 e. The lowest BCUT2D eigenvalue weighted by atomic mass is 9.94. The van der Waals surface area contributed by atoms with Crippen LogP contribution in [-0.4, -0.2) is 34.6 Å². The Morgan fingerprint density at radius 1 is 1.36 bits per heavy atom. The van der Waals surface area contributed by atoms with E-state index in [1.165, 1.54) is 11.3 Å². The molecular formula is C19H19N5O2S2. The van der Waals surface area contributed by atoms with Gasteiger partial charge < -0.3 is 20.3 Å². The van der Waals surface area contributed by atoms with Gasteiger partial charge >= 0.3 is 0 Å². The summed E-state index contributed by atoms with van der Waals surface area (Å²) in [5.41, 5.74) is 2.48. The van der Waals surface area contributed by atoms with Gasteiger partial charge in [-0.15, -0.1) is 11.3 Å². The molecule has 1 amide bonds. The van der Waals surface area contributed by atoms with Gasteiger partial charge in [-0.2, -0.15) is 0 Å². The maximum Gasteiger partial charge on any atom is 0.263 e. The van der Waals surface area contributed by atoms with Crippen molar-refractivity contribution < 1.29 is 9.53 Å². The minimum atomic E-state index is -0.275. The van der Waals surface area contributed by atoms with Gasteiger partial charge in [0.1, 0.15) is 17.2 Å². The number of rotatable bonds is 3. The molecular weight excluding hydrogens is 394 g/mol. The van der Waals surface area contributed by atoms with Gasteiger partial charge in [-0.05, 0) is 32.0 Å². The molecule has 0 bridgehead atoms. The Morgan fingerprint density at radius 3 is 3.07 bits per heavy atom. The normalized spacial score (nSPS) is 17.4. The molecule has 0 atom stereocenters. The van der Waals surface area contributed by atoms with Crippen LogP contribution in [0.15, 0.2) is 29.8 Å². The first-order valence-corrected chi connectivity index (χ1v) is 10.7. The third-order valence-electron chi connectivity index (χ3n) is 4.69. The molecule has 0 radical (unpaired) electrons. The van der Waals surface area contributed by atoms with Crippen LogP contribution in [0.5, 0.6) is 5.75 Å². The van der Waals surface area contributed by atoms with Crippen molar-refractivity contribution in [3.8, 4) is 5.75 Å². The zero-order chi connectivity index (χ0) is 19.3. The SMILES string of the molecule is CC1(C)Cc2nc(N3CCOc4ccc(Nc5nccs5)cc43)sc2C(=O)N1. The first kappa shape index (κ1) is 17.4. The zero-order valence-corrected chi connectivity index (χ0v) is 17.1. The Labute approximate surface area is 170 Å². The van der Waals surface area contributed by atoms with Crippen LogP contribution in [0.25, 0.3) is 0 Å². The summed E-state index contributed by atoms with van der Waals surface area (Å²) in [6.45, 7) is 5.31. The maximum atomic E-state index is 12.5. The molecule has 2 aromatic heterocycles. The third kappa shape index (κ3) is 3.10. The number of ether oxygens (including phenoxy) is 1. The molecule has 3 aromatic rings. The van der Waals surface area contributed by atoms with Crippen LogP contribution in [0.1, 0.15) is 29.2 Å². The van der Waals surface area contributed by atoms with E-state index < -0.39 is 0 Å². The van der Waals surface area contributed by atoms with Crippen LogP contribution in [0.2, 0.25) is 0 Å². The number of nitrogens with one attached hydrogen (secondary N) is 2. The predicted molar refractivity (Wildman–Crippen MR) is 112 cm³/mol. The highest BCUT2D eigenvalue weighted by atomic mass is 32.1. The summed E-state index contributed by atoms with van der Waals surface area (Å²) in [4.78, 5) is 24.4. The molecule has 1 aromatic carbocycles. The number of nitrogens with zero attached hydrogens (tertiary/aromatic N) is 3. The standard InChI is InChI=1S/C19H19N5O2S2/c1-19(2)10-12-15(16(25)23-19)28-18(22-12)24-6-7-26-14-4-3-11(9-13(14)24)21-17-20-5-8-27-17/h3-5,8-9H,6-7,10H2,1-2H3,(H,20,21)(H,23,25).